The van der Waals surface area contributed by atoms with Gasteiger partial charge in [0, 0.05) is 0 Å². The van der Waals surface area contributed by atoms with E-state index in [-0.39, 0.29) is 0 Å². The predicted molar refractivity (Wildman–Crippen MR) is 40.8 cm³/mol. The number of aliphatic hydroxyl groups is 1. The smallest absolute Gasteiger partial charge is 0.314 e. The van der Waals surface area contributed by atoms with Crippen LogP contribution in [0.4, 0.5) is 4.79 Å². The molecule has 0 bridgehead atoms. The Hall–Kier alpha value is -0.770. The van der Waals surface area contributed by atoms with E-state index >= 15 is 0 Å². The third kappa shape index (κ3) is 2.38. The molecule has 1 fully saturated rings. The van der Waals surface area contributed by atoms with Crippen molar-refractivity contribution in [2.24, 2.45) is 5.73 Å². The normalized spacial score (nSPS) is 22.6. The van der Waals surface area contributed by atoms with Gasteiger partial charge in [0.15, 0.2) is 0 Å². The van der Waals surface area contributed by atoms with E-state index in [1.54, 1.807) is 0 Å². The number of primary amides is 1. The van der Waals surface area contributed by atoms with Crippen LogP contribution in [-0.4, -0.2) is 16.9 Å². The van der Waals surface area contributed by atoms with Crippen LogP contribution < -0.4 is 11.1 Å². The fourth-order valence-corrected chi connectivity index (χ4v) is 1.49. The molecule has 4 N–H and O–H groups in total. The fourth-order valence-electron chi connectivity index (χ4n) is 1.49. The highest BCUT2D eigenvalue weighted by molar-refractivity contribution is 5.72. The third-order valence-electron chi connectivity index (χ3n) is 2.04. The van der Waals surface area contributed by atoms with Gasteiger partial charge in [-0.1, -0.05) is 6.42 Å². The molecule has 0 spiro atoms. The lowest BCUT2D eigenvalue weighted by Gasteiger charge is -2.31. The Kier molecular flexibility index (Phi) is 2.34. The summed E-state index contributed by atoms with van der Waals surface area (Å²) in [5.41, 5.74) is 3.87. The molecule has 0 aromatic heterocycles. The quantitative estimate of drug-likeness (QED) is 0.480. The molecule has 1 saturated carbocycles. The zero-order chi connectivity index (χ0) is 8.32. The van der Waals surface area contributed by atoms with Crippen LogP contribution in [0.2, 0.25) is 0 Å². The summed E-state index contributed by atoms with van der Waals surface area (Å²) in [6.45, 7) is 0. The molecule has 0 radical (unpaired) electrons. The van der Waals surface area contributed by atoms with Crippen LogP contribution >= 0.6 is 0 Å². The lowest BCUT2D eigenvalue weighted by molar-refractivity contribution is -0.0156. The summed E-state index contributed by atoms with van der Waals surface area (Å²) in [6, 6.07) is -0.644. The Morgan fingerprint density at radius 3 is 2.36 bits per heavy atom. The minimum absolute atomic E-state index is 0.621. The Labute approximate surface area is 65.8 Å². The van der Waals surface area contributed by atoms with Gasteiger partial charge >= 0.3 is 6.03 Å². The Balaban J connectivity index is 2.43. The van der Waals surface area contributed by atoms with Gasteiger partial charge < -0.3 is 16.2 Å². The van der Waals surface area contributed by atoms with Crippen molar-refractivity contribution in [1.82, 2.24) is 5.32 Å². The number of carbonyl (C=O) groups excluding carboxylic acids is 1. The number of hydrogen-bond acceptors (Lipinski definition) is 2. The maximum atomic E-state index is 10.4. The molecular weight excluding hydrogens is 144 g/mol. The van der Waals surface area contributed by atoms with Gasteiger partial charge in [-0.05, 0) is 25.7 Å². The van der Waals surface area contributed by atoms with Crippen molar-refractivity contribution in [2.45, 2.75) is 37.8 Å². The molecule has 4 nitrogen and oxygen atoms in total. The number of urea groups is 1. The minimum Gasteiger partial charge on any atom is -0.371 e. The third-order valence-corrected chi connectivity index (χ3v) is 2.04. The molecular formula is C7H14N2O2. The van der Waals surface area contributed by atoms with E-state index in [2.05, 4.69) is 5.32 Å². The van der Waals surface area contributed by atoms with Gasteiger partial charge in [0.1, 0.15) is 5.72 Å². The highest BCUT2D eigenvalue weighted by Crippen LogP contribution is 2.25. The van der Waals surface area contributed by atoms with Gasteiger partial charge in [-0.2, -0.15) is 0 Å². The van der Waals surface area contributed by atoms with E-state index < -0.39 is 11.8 Å². The highest BCUT2D eigenvalue weighted by atomic mass is 16.3. The lowest BCUT2D eigenvalue weighted by atomic mass is 9.92. The molecule has 0 heterocycles. The first-order chi connectivity index (χ1) is 5.12. The molecule has 0 saturated heterocycles. The molecule has 11 heavy (non-hydrogen) atoms. The number of nitrogens with one attached hydrogen (secondary N) is 1. The number of nitrogens with two attached hydrogens (primary N) is 1. The van der Waals surface area contributed by atoms with Crippen LogP contribution in [0, 0.1) is 0 Å². The van der Waals surface area contributed by atoms with Gasteiger partial charge in [0.05, 0.1) is 0 Å². The maximum absolute atomic E-state index is 10.4. The van der Waals surface area contributed by atoms with E-state index in [1.807, 2.05) is 0 Å². The fraction of sp³-hybridized carbons (Fsp3) is 0.857. The summed E-state index contributed by atoms with van der Waals surface area (Å²) in [7, 11) is 0. The maximum Gasteiger partial charge on any atom is 0.314 e. The topological polar surface area (TPSA) is 75.4 Å². The molecule has 2 amide bonds. The Morgan fingerprint density at radius 1 is 1.36 bits per heavy atom. The molecule has 1 aliphatic carbocycles. The van der Waals surface area contributed by atoms with E-state index in [0.29, 0.717) is 12.8 Å². The summed E-state index contributed by atoms with van der Waals surface area (Å²) in [5, 5.41) is 12.0. The molecule has 0 unspecified atom stereocenters. The van der Waals surface area contributed by atoms with Crippen molar-refractivity contribution in [2.75, 3.05) is 0 Å². The molecule has 0 atom stereocenters. The summed E-state index contributed by atoms with van der Waals surface area (Å²) in [6.07, 6.45) is 4.28. The monoisotopic (exact) mass is 158 g/mol. The van der Waals surface area contributed by atoms with Gasteiger partial charge in [0.2, 0.25) is 0 Å². The molecule has 4 heteroatoms. The number of amides is 2. The van der Waals surface area contributed by atoms with Crippen molar-refractivity contribution >= 4 is 6.03 Å². The van der Waals surface area contributed by atoms with E-state index in [0.717, 1.165) is 19.3 Å². The van der Waals surface area contributed by atoms with E-state index in [9.17, 15) is 9.90 Å². The highest BCUT2D eigenvalue weighted by Gasteiger charge is 2.29. The predicted octanol–water partition coefficient (Wildman–Crippen LogP) is 0.307. The summed E-state index contributed by atoms with van der Waals surface area (Å²) in [5.74, 6) is 0. The first-order valence-corrected chi connectivity index (χ1v) is 3.92. The van der Waals surface area contributed by atoms with Crippen LogP contribution in [0.15, 0.2) is 0 Å². The zero-order valence-corrected chi connectivity index (χ0v) is 6.47. The summed E-state index contributed by atoms with van der Waals surface area (Å²) >= 11 is 0. The molecule has 0 aliphatic heterocycles. The second-order valence-corrected chi connectivity index (χ2v) is 3.08. The number of hydrogen-bond donors (Lipinski definition) is 3. The van der Waals surface area contributed by atoms with Crippen molar-refractivity contribution in [3.63, 3.8) is 0 Å². The Morgan fingerprint density at radius 2 is 1.91 bits per heavy atom. The number of carbonyl (C=O) groups is 1. The molecule has 1 aliphatic rings. The number of rotatable bonds is 1. The van der Waals surface area contributed by atoms with Crippen LogP contribution in [0.3, 0.4) is 0 Å². The molecule has 1 rings (SSSR count). The summed E-state index contributed by atoms with van der Waals surface area (Å²) in [4.78, 5) is 10.4. The summed E-state index contributed by atoms with van der Waals surface area (Å²) < 4.78 is 0. The van der Waals surface area contributed by atoms with Crippen LogP contribution in [0.25, 0.3) is 0 Å². The van der Waals surface area contributed by atoms with E-state index in [1.165, 1.54) is 0 Å². The van der Waals surface area contributed by atoms with Crippen LogP contribution in [0.5, 0.6) is 0 Å². The lowest BCUT2D eigenvalue weighted by Crippen LogP contribution is -2.51. The van der Waals surface area contributed by atoms with Gasteiger partial charge in [-0.3, -0.25) is 0 Å². The first kappa shape index (κ1) is 8.33. The molecule has 0 aromatic carbocycles. The van der Waals surface area contributed by atoms with Crippen LogP contribution in [-0.2, 0) is 0 Å². The SMILES string of the molecule is NC(=O)NC1(O)CCCCC1. The van der Waals surface area contributed by atoms with Gasteiger partial charge in [-0.15, -0.1) is 0 Å². The van der Waals surface area contributed by atoms with Crippen molar-refractivity contribution in [3.05, 3.63) is 0 Å². The largest absolute Gasteiger partial charge is 0.371 e. The second kappa shape index (κ2) is 3.09. The van der Waals surface area contributed by atoms with Gasteiger partial charge in [0.25, 0.3) is 0 Å². The zero-order valence-electron chi connectivity index (χ0n) is 6.47. The van der Waals surface area contributed by atoms with Crippen molar-refractivity contribution in [1.29, 1.82) is 0 Å². The second-order valence-electron chi connectivity index (χ2n) is 3.08. The minimum atomic E-state index is -1.02. The standard InChI is InChI=1S/C7H14N2O2/c8-6(10)9-7(11)4-2-1-3-5-7/h11H,1-5H2,(H3,8,9,10). The average Bonchev–Trinajstić information content (AvgIpc) is 1.85. The van der Waals surface area contributed by atoms with Crippen LogP contribution in [0.1, 0.15) is 32.1 Å². The van der Waals surface area contributed by atoms with Gasteiger partial charge in [-0.25, -0.2) is 4.79 Å². The van der Waals surface area contributed by atoms with Crippen molar-refractivity contribution in [3.8, 4) is 0 Å². The Bertz CT molecular complexity index is 153. The van der Waals surface area contributed by atoms with E-state index in [4.69, 9.17) is 5.73 Å². The average molecular weight is 158 g/mol. The first-order valence-electron chi connectivity index (χ1n) is 3.92. The van der Waals surface area contributed by atoms with Crippen molar-refractivity contribution < 1.29 is 9.90 Å². The molecule has 0 aromatic rings. The molecule has 64 valence electrons.